The number of fused-ring (bicyclic) bond motifs is 1. The number of hydrogen-bond acceptors (Lipinski definition) is 4. The van der Waals surface area contributed by atoms with Crippen LogP contribution in [-0.2, 0) is 16.8 Å². The van der Waals surface area contributed by atoms with Crippen molar-refractivity contribution in [2.75, 3.05) is 4.90 Å². The normalized spacial score (nSPS) is 17.0. The second-order valence-corrected chi connectivity index (χ2v) is 7.38. The number of para-hydroxylation sites is 2. The molecule has 0 spiro atoms. The number of pyridine rings is 2. The largest absolute Gasteiger partial charge is 0.839 e. The van der Waals surface area contributed by atoms with Crippen LogP contribution >= 0.6 is 0 Å². The summed E-state index contributed by atoms with van der Waals surface area (Å²) in [5, 5.41) is 13.6. The first-order chi connectivity index (χ1) is 15.1. The van der Waals surface area contributed by atoms with E-state index in [0.717, 1.165) is 5.56 Å². The Kier molecular flexibility index (Phi) is 5.87. The first kappa shape index (κ1) is 20.4. The lowest BCUT2D eigenvalue weighted by Crippen LogP contribution is -2.50. The van der Waals surface area contributed by atoms with Crippen LogP contribution in [0, 0.1) is 6.92 Å². The Morgan fingerprint density at radius 1 is 0.806 bits per heavy atom. The van der Waals surface area contributed by atoms with Crippen LogP contribution in [-0.4, -0.2) is 15.9 Å². The molecule has 4 aromatic rings. The lowest BCUT2D eigenvalue weighted by Gasteiger charge is -2.35. The van der Waals surface area contributed by atoms with E-state index in [9.17, 15) is 9.90 Å². The van der Waals surface area contributed by atoms with Gasteiger partial charge >= 0.3 is 0 Å². The molecule has 1 atom stereocenters. The maximum absolute atomic E-state index is 13.6. The van der Waals surface area contributed by atoms with Gasteiger partial charge in [-0.05, 0) is 72.5 Å². The fourth-order valence-corrected chi connectivity index (χ4v) is 3.63. The summed E-state index contributed by atoms with van der Waals surface area (Å²) in [5.74, 6) is -0.438. The molecule has 1 aliphatic heterocycles. The topological polar surface area (TPSA) is 69.2 Å². The molecular weight excluding hydrogens is 386 g/mol. The average Bonchev–Trinajstić information content (AvgIpc) is 3.03. The zero-order valence-corrected chi connectivity index (χ0v) is 17.2. The van der Waals surface area contributed by atoms with E-state index < -0.39 is 11.5 Å². The number of carbonyl (C=O) groups is 1. The van der Waals surface area contributed by atoms with Crippen molar-refractivity contribution in [3.63, 3.8) is 0 Å². The lowest BCUT2D eigenvalue weighted by molar-refractivity contribution is -0.464. The molecule has 0 N–H and O–H groups in total. The number of nitrogens with zero attached hydrogens (tertiary/aromatic N) is 3. The minimum absolute atomic E-state index is 0.106. The summed E-state index contributed by atoms with van der Waals surface area (Å²) < 4.78 is 0. The van der Waals surface area contributed by atoms with Gasteiger partial charge in [-0.2, -0.15) is 0 Å². The Bertz CT molecular complexity index is 1150. The van der Waals surface area contributed by atoms with Gasteiger partial charge in [0, 0.05) is 36.1 Å². The van der Waals surface area contributed by atoms with Crippen LogP contribution in [0.3, 0.4) is 0 Å². The van der Waals surface area contributed by atoms with Crippen molar-refractivity contribution in [3.8, 4) is 0 Å². The lowest BCUT2D eigenvalue weighted by atomic mass is 9.89. The highest BCUT2D eigenvalue weighted by Gasteiger charge is 2.42. The SMILES string of the molecule is Cc1ccncc1.O=C1N(c2ccccc2)c2ccccc2C1([O-])Cc1ccncc1. The van der Waals surface area contributed by atoms with Crippen molar-refractivity contribution < 1.29 is 9.90 Å². The van der Waals surface area contributed by atoms with E-state index in [-0.39, 0.29) is 6.42 Å². The summed E-state index contributed by atoms with van der Waals surface area (Å²) in [6.07, 6.45) is 6.96. The van der Waals surface area contributed by atoms with Crippen molar-refractivity contribution in [3.05, 3.63) is 120 Å². The summed E-state index contributed by atoms with van der Waals surface area (Å²) in [6, 6.07) is 24.0. The number of aryl methyl sites for hydroxylation is 1. The molecule has 0 saturated heterocycles. The zero-order valence-electron chi connectivity index (χ0n) is 17.2. The molecule has 2 aromatic carbocycles. The molecule has 5 nitrogen and oxygen atoms in total. The quantitative estimate of drug-likeness (QED) is 0.515. The third-order valence-corrected chi connectivity index (χ3v) is 5.19. The summed E-state index contributed by atoms with van der Waals surface area (Å²) >= 11 is 0. The number of aromatic nitrogens is 2. The summed E-state index contributed by atoms with van der Waals surface area (Å²) in [7, 11) is 0. The second kappa shape index (κ2) is 8.90. The Hall–Kier alpha value is -3.83. The van der Waals surface area contributed by atoms with Gasteiger partial charge in [0.05, 0.1) is 5.69 Å². The number of anilines is 2. The average molecular weight is 408 g/mol. The van der Waals surface area contributed by atoms with Crippen LogP contribution in [0.25, 0.3) is 0 Å². The molecule has 5 heteroatoms. The Morgan fingerprint density at radius 3 is 2.00 bits per heavy atom. The van der Waals surface area contributed by atoms with E-state index in [0.29, 0.717) is 16.9 Å². The predicted molar refractivity (Wildman–Crippen MR) is 119 cm³/mol. The molecule has 1 unspecified atom stereocenters. The van der Waals surface area contributed by atoms with E-state index in [2.05, 4.69) is 9.97 Å². The van der Waals surface area contributed by atoms with Crippen LogP contribution in [0.5, 0.6) is 0 Å². The molecule has 3 heterocycles. The number of benzene rings is 2. The molecule has 5 rings (SSSR count). The summed E-state index contributed by atoms with van der Waals surface area (Å²) in [5.41, 5.74) is 2.14. The van der Waals surface area contributed by atoms with E-state index in [4.69, 9.17) is 0 Å². The smallest absolute Gasteiger partial charge is 0.225 e. The molecule has 154 valence electrons. The minimum Gasteiger partial charge on any atom is -0.839 e. The van der Waals surface area contributed by atoms with Gasteiger partial charge in [-0.1, -0.05) is 36.4 Å². The Balaban J connectivity index is 0.000000282. The molecule has 0 bridgehead atoms. The maximum Gasteiger partial charge on any atom is 0.225 e. The molecule has 1 aliphatic rings. The molecular formula is C26H22N3O2-. The third kappa shape index (κ3) is 4.22. The highest BCUT2D eigenvalue weighted by atomic mass is 16.3. The molecule has 0 saturated carbocycles. The Labute approximate surface area is 181 Å². The molecule has 1 amide bonds. The molecule has 0 aliphatic carbocycles. The summed E-state index contributed by atoms with van der Waals surface area (Å²) in [6.45, 7) is 2.04. The summed E-state index contributed by atoms with van der Waals surface area (Å²) in [4.78, 5) is 22.4. The zero-order chi connectivity index (χ0) is 21.7. The first-order valence-electron chi connectivity index (χ1n) is 10.0. The van der Waals surface area contributed by atoms with Gasteiger partial charge in [0.1, 0.15) is 0 Å². The molecule has 0 fully saturated rings. The minimum atomic E-state index is -1.83. The number of amides is 1. The van der Waals surface area contributed by atoms with Gasteiger partial charge in [0.25, 0.3) is 0 Å². The highest BCUT2D eigenvalue weighted by Crippen LogP contribution is 2.43. The van der Waals surface area contributed by atoms with E-state index in [1.54, 1.807) is 49.1 Å². The van der Waals surface area contributed by atoms with Gasteiger partial charge in [-0.3, -0.25) is 19.7 Å². The maximum atomic E-state index is 13.6. The monoisotopic (exact) mass is 408 g/mol. The van der Waals surface area contributed by atoms with Crippen molar-refractivity contribution in [1.82, 2.24) is 9.97 Å². The van der Waals surface area contributed by atoms with Crippen LogP contribution < -0.4 is 10.0 Å². The highest BCUT2D eigenvalue weighted by molar-refractivity contribution is 6.11. The van der Waals surface area contributed by atoms with E-state index in [1.165, 1.54) is 10.5 Å². The number of rotatable bonds is 3. The van der Waals surface area contributed by atoms with E-state index in [1.807, 2.05) is 61.5 Å². The van der Waals surface area contributed by atoms with Crippen molar-refractivity contribution in [1.29, 1.82) is 0 Å². The van der Waals surface area contributed by atoms with Gasteiger partial charge in [0.2, 0.25) is 5.91 Å². The Morgan fingerprint density at radius 2 is 1.39 bits per heavy atom. The van der Waals surface area contributed by atoms with E-state index >= 15 is 0 Å². The van der Waals surface area contributed by atoms with Crippen LogP contribution in [0.2, 0.25) is 0 Å². The van der Waals surface area contributed by atoms with Crippen LogP contribution in [0.4, 0.5) is 11.4 Å². The number of hydrogen-bond donors (Lipinski definition) is 0. The van der Waals surface area contributed by atoms with Gasteiger partial charge < -0.3 is 5.11 Å². The van der Waals surface area contributed by atoms with Crippen molar-refractivity contribution in [2.45, 2.75) is 18.9 Å². The second-order valence-electron chi connectivity index (χ2n) is 7.38. The predicted octanol–water partition coefficient (Wildman–Crippen LogP) is 3.95. The van der Waals surface area contributed by atoms with Gasteiger partial charge in [-0.15, -0.1) is 0 Å². The van der Waals surface area contributed by atoms with Gasteiger partial charge in [0.15, 0.2) is 0 Å². The number of carbonyl (C=O) groups excluding carboxylic acids is 1. The van der Waals surface area contributed by atoms with Gasteiger partial charge in [-0.25, -0.2) is 0 Å². The molecule has 2 aromatic heterocycles. The molecule has 0 radical (unpaired) electrons. The van der Waals surface area contributed by atoms with Crippen LogP contribution in [0.15, 0.2) is 104 Å². The van der Waals surface area contributed by atoms with Crippen molar-refractivity contribution >= 4 is 17.3 Å². The first-order valence-corrected chi connectivity index (χ1v) is 10.0. The standard InChI is InChI=1S/C20H15N2O2.C6H7N/c23-19-20(24,14-15-10-12-21-13-11-15)17-8-4-5-9-18(17)22(19)16-6-2-1-3-7-16;1-6-2-4-7-5-3-6/h1-13H,14H2;2-5H,1H3/q-1;. The fraction of sp³-hybridized carbons (Fsp3) is 0.115. The van der Waals surface area contributed by atoms with Crippen LogP contribution in [0.1, 0.15) is 16.7 Å². The third-order valence-electron chi connectivity index (χ3n) is 5.19. The van der Waals surface area contributed by atoms with Crippen molar-refractivity contribution in [2.24, 2.45) is 0 Å². The molecule has 31 heavy (non-hydrogen) atoms. The fourth-order valence-electron chi connectivity index (χ4n) is 3.63.